The van der Waals surface area contributed by atoms with Crippen LogP contribution < -0.4 is 9.47 Å². The number of imide groups is 1. The van der Waals surface area contributed by atoms with Crippen LogP contribution in [0.5, 0.6) is 11.5 Å². The highest BCUT2D eigenvalue weighted by Gasteiger charge is 2.49. The zero-order chi connectivity index (χ0) is 22.0. The molecule has 2 heterocycles. The van der Waals surface area contributed by atoms with E-state index in [1.807, 2.05) is 51.1 Å². The summed E-state index contributed by atoms with van der Waals surface area (Å²) in [6.45, 7) is 6.58. The van der Waals surface area contributed by atoms with Gasteiger partial charge in [0.2, 0.25) is 0 Å². The molecule has 1 atom stereocenters. The maximum absolute atomic E-state index is 13.4. The number of amides is 2. The Kier molecular flexibility index (Phi) is 5.46. The molecule has 0 radical (unpaired) electrons. The first-order valence-electron chi connectivity index (χ1n) is 10.3. The van der Waals surface area contributed by atoms with E-state index in [1.54, 1.807) is 36.5 Å². The van der Waals surface area contributed by atoms with Gasteiger partial charge in [0, 0.05) is 6.20 Å². The molecule has 0 spiro atoms. The number of rotatable bonds is 7. The van der Waals surface area contributed by atoms with E-state index in [9.17, 15) is 9.59 Å². The van der Waals surface area contributed by atoms with Crippen LogP contribution in [0.4, 0.5) is 0 Å². The highest BCUT2D eigenvalue weighted by Crippen LogP contribution is 2.42. The van der Waals surface area contributed by atoms with Crippen molar-refractivity contribution >= 4 is 11.8 Å². The zero-order valence-corrected chi connectivity index (χ0v) is 17.8. The summed E-state index contributed by atoms with van der Waals surface area (Å²) in [7, 11) is 0. The van der Waals surface area contributed by atoms with Crippen LogP contribution in [0.1, 0.15) is 52.7 Å². The minimum Gasteiger partial charge on any atom is -0.490 e. The van der Waals surface area contributed by atoms with E-state index in [0.717, 1.165) is 0 Å². The number of pyridine rings is 1. The van der Waals surface area contributed by atoms with Crippen molar-refractivity contribution in [3.8, 4) is 11.5 Å². The van der Waals surface area contributed by atoms with Gasteiger partial charge in [-0.25, -0.2) is 0 Å². The third kappa shape index (κ3) is 3.34. The lowest BCUT2D eigenvalue weighted by atomic mass is 9.85. The first kappa shape index (κ1) is 20.6. The Balaban J connectivity index is 1.92. The number of hydrogen-bond donors (Lipinski definition) is 0. The normalized spacial score (nSPS) is 14.9. The maximum atomic E-state index is 13.4. The van der Waals surface area contributed by atoms with Crippen LogP contribution in [0, 0.1) is 0 Å². The first-order chi connectivity index (χ1) is 15.0. The van der Waals surface area contributed by atoms with Gasteiger partial charge in [0.25, 0.3) is 11.8 Å². The summed E-state index contributed by atoms with van der Waals surface area (Å²) in [6, 6.07) is 17.8. The van der Waals surface area contributed by atoms with Crippen LogP contribution >= 0.6 is 0 Å². The Hall–Kier alpha value is -3.67. The number of carbonyl (C=O) groups is 2. The summed E-state index contributed by atoms with van der Waals surface area (Å²) in [5, 5.41) is 0. The van der Waals surface area contributed by atoms with Crippen molar-refractivity contribution < 1.29 is 19.1 Å². The van der Waals surface area contributed by atoms with Gasteiger partial charge in [0.05, 0.1) is 30.0 Å². The summed E-state index contributed by atoms with van der Waals surface area (Å²) in [6.07, 6.45) is 1.66. The summed E-state index contributed by atoms with van der Waals surface area (Å²) in [5.41, 5.74) is 0.922. The van der Waals surface area contributed by atoms with Crippen molar-refractivity contribution in [2.75, 3.05) is 13.2 Å². The molecule has 1 aliphatic heterocycles. The van der Waals surface area contributed by atoms with E-state index >= 15 is 0 Å². The number of ether oxygens (including phenoxy) is 2. The van der Waals surface area contributed by atoms with Crippen LogP contribution in [0.25, 0.3) is 0 Å². The highest BCUT2D eigenvalue weighted by atomic mass is 16.5. The molecule has 0 saturated heterocycles. The maximum Gasteiger partial charge on any atom is 0.262 e. The van der Waals surface area contributed by atoms with Gasteiger partial charge in [0.15, 0.2) is 11.5 Å². The van der Waals surface area contributed by atoms with Crippen LogP contribution in [0.2, 0.25) is 0 Å². The van der Waals surface area contributed by atoms with E-state index in [-0.39, 0.29) is 11.8 Å². The standard InChI is InChI=1S/C25H24N2O4/c1-4-30-20-14-13-17(16-21(20)31-5-2)25(3,22-12-8-9-15-26-22)27-23(28)18-10-6-7-11-19(18)24(27)29/h6-16H,4-5H2,1-3H3/t25-/m1/s1. The molecule has 0 unspecified atom stereocenters. The summed E-state index contributed by atoms with van der Waals surface area (Å²) >= 11 is 0. The average molecular weight is 416 g/mol. The Bertz CT molecular complexity index is 1090. The Morgan fingerprint density at radius 3 is 2.03 bits per heavy atom. The summed E-state index contributed by atoms with van der Waals surface area (Å²) in [5.74, 6) is 0.473. The number of carbonyl (C=O) groups excluding carboxylic acids is 2. The topological polar surface area (TPSA) is 68.7 Å². The molecule has 3 aromatic rings. The quantitative estimate of drug-likeness (QED) is 0.533. The van der Waals surface area contributed by atoms with Crippen molar-refractivity contribution in [1.29, 1.82) is 0 Å². The van der Waals surface area contributed by atoms with Crippen molar-refractivity contribution in [3.63, 3.8) is 0 Å². The molecule has 1 aliphatic rings. The Labute approximate surface area is 181 Å². The molecule has 6 nitrogen and oxygen atoms in total. The van der Waals surface area contributed by atoms with Crippen LogP contribution in [-0.4, -0.2) is 34.9 Å². The molecule has 31 heavy (non-hydrogen) atoms. The number of aromatic nitrogens is 1. The van der Waals surface area contributed by atoms with Crippen LogP contribution in [-0.2, 0) is 5.54 Å². The van der Waals surface area contributed by atoms with Crippen molar-refractivity contribution in [1.82, 2.24) is 9.88 Å². The summed E-state index contributed by atoms with van der Waals surface area (Å²) in [4.78, 5) is 32.6. The predicted octanol–water partition coefficient (Wildman–Crippen LogP) is 4.44. The fourth-order valence-corrected chi connectivity index (χ4v) is 3.99. The minimum atomic E-state index is -1.15. The lowest BCUT2D eigenvalue weighted by Crippen LogP contribution is -2.48. The van der Waals surface area contributed by atoms with Crippen LogP contribution in [0.3, 0.4) is 0 Å². The third-order valence-corrected chi connectivity index (χ3v) is 5.51. The molecule has 1 aromatic heterocycles. The molecule has 6 heteroatoms. The van der Waals surface area contributed by atoms with E-state index in [4.69, 9.17) is 9.47 Å². The largest absolute Gasteiger partial charge is 0.490 e. The fraction of sp³-hybridized carbons (Fsp3) is 0.240. The molecule has 0 saturated carbocycles. The van der Waals surface area contributed by atoms with Gasteiger partial charge in [0.1, 0.15) is 5.54 Å². The number of fused-ring (bicyclic) bond motifs is 1. The molecular formula is C25H24N2O4. The van der Waals surface area contributed by atoms with Gasteiger partial charge in [-0.1, -0.05) is 24.3 Å². The van der Waals surface area contributed by atoms with Crippen molar-refractivity contribution in [3.05, 3.63) is 89.2 Å². The molecule has 0 aliphatic carbocycles. The van der Waals surface area contributed by atoms with E-state index < -0.39 is 5.54 Å². The van der Waals surface area contributed by atoms with E-state index in [2.05, 4.69) is 4.98 Å². The molecule has 2 amide bonds. The molecule has 2 aromatic carbocycles. The van der Waals surface area contributed by atoms with E-state index in [0.29, 0.717) is 47.1 Å². The minimum absolute atomic E-state index is 0.347. The number of hydrogen-bond acceptors (Lipinski definition) is 5. The second-order valence-corrected chi connectivity index (χ2v) is 7.31. The number of nitrogens with zero attached hydrogens (tertiary/aromatic N) is 2. The summed E-state index contributed by atoms with van der Waals surface area (Å²) < 4.78 is 11.5. The zero-order valence-electron chi connectivity index (χ0n) is 17.8. The third-order valence-electron chi connectivity index (χ3n) is 5.51. The fourth-order valence-electron chi connectivity index (χ4n) is 3.99. The van der Waals surface area contributed by atoms with E-state index in [1.165, 1.54) is 4.90 Å². The first-order valence-corrected chi connectivity index (χ1v) is 10.3. The molecule has 0 bridgehead atoms. The van der Waals surface area contributed by atoms with Crippen molar-refractivity contribution in [2.45, 2.75) is 26.3 Å². The second kappa shape index (κ2) is 8.22. The highest BCUT2D eigenvalue weighted by molar-refractivity contribution is 6.22. The van der Waals surface area contributed by atoms with Crippen molar-refractivity contribution in [2.24, 2.45) is 0 Å². The van der Waals surface area contributed by atoms with Crippen LogP contribution in [0.15, 0.2) is 66.9 Å². The second-order valence-electron chi connectivity index (χ2n) is 7.31. The van der Waals surface area contributed by atoms with Gasteiger partial charge < -0.3 is 9.47 Å². The molecule has 158 valence electrons. The SMILES string of the molecule is CCOc1ccc([C@](C)(c2ccccn2)N2C(=O)c3ccccc3C2=O)cc1OCC. The average Bonchev–Trinajstić information content (AvgIpc) is 3.06. The van der Waals surface area contributed by atoms with Gasteiger partial charge in [-0.05, 0) is 62.7 Å². The van der Waals surface area contributed by atoms with Gasteiger partial charge in [-0.15, -0.1) is 0 Å². The molecule has 4 rings (SSSR count). The lowest BCUT2D eigenvalue weighted by Gasteiger charge is -2.37. The van der Waals surface area contributed by atoms with Gasteiger partial charge in [-0.3, -0.25) is 19.5 Å². The van der Waals surface area contributed by atoms with Gasteiger partial charge >= 0.3 is 0 Å². The molecular weight excluding hydrogens is 392 g/mol. The Morgan fingerprint density at radius 1 is 0.839 bits per heavy atom. The molecule has 0 fully saturated rings. The molecule has 0 N–H and O–H groups in total. The Morgan fingerprint density at radius 2 is 1.45 bits per heavy atom. The van der Waals surface area contributed by atoms with Gasteiger partial charge in [-0.2, -0.15) is 0 Å². The smallest absolute Gasteiger partial charge is 0.262 e. The monoisotopic (exact) mass is 416 g/mol. The number of benzene rings is 2. The predicted molar refractivity (Wildman–Crippen MR) is 116 cm³/mol. The lowest BCUT2D eigenvalue weighted by molar-refractivity contribution is 0.0499.